The van der Waals surface area contributed by atoms with Gasteiger partial charge in [-0.05, 0) is 61.6 Å². The smallest absolute Gasteiger partial charge is 0.268 e. The first kappa shape index (κ1) is 23.8. The molecule has 0 unspecified atom stereocenters. The first-order valence-corrected chi connectivity index (χ1v) is 13.0. The van der Waals surface area contributed by atoms with E-state index in [2.05, 4.69) is 15.5 Å². The van der Waals surface area contributed by atoms with E-state index in [0.29, 0.717) is 21.8 Å². The number of rotatable bonds is 6. The second-order valence-electron chi connectivity index (χ2n) is 8.08. The second kappa shape index (κ2) is 9.11. The molecule has 34 heavy (non-hydrogen) atoms. The highest BCUT2D eigenvalue weighted by Gasteiger charge is 2.42. The van der Waals surface area contributed by atoms with E-state index in [9.17, 15) is 18.0 Å². The number of aromatic nitrogens is 2. The van der Waals surface area contributed by atoms with Crippen LogP contribution in [0.3, 0.4) is 0 Å². The molecule has 2 heterocycles. The molecule has 1 aliphatic heterocycles. The van der Waals surface area contributed by atoms with Crippen molar-refractivity contribution in [1.82, 2.24) is 14.5 Å². The molecular formula is C24H24N4O4S2. The van der Waals surface area contributed by atoms with E-state index < -0.39 is 15.9 Å². The summed E-state index contributed by atoms with van der Waals surface area (Å²) in [5.41, 5.74) is 3.67. The van der Waals surface area contributed by atoms with Crippen LogP contribution in [0.4, 0.5) is 5.13 Å². The largest absolute Gasteiger partial charge is 0.296 e. The average molecular weight is 497 g/mol. The van der Waals surface area contributed by atoms with Crippen LogP contribution in [-0.2, 0) is 27.8 Å². The van der Waals surface area contributed by atoms with Gasteiger partial charge in [0.1, 0.15) is 9.91 Å². The predicted molar refractivity (Wildman–Crippen MR) is 132 cm³/mol. The molecule has 0 saturated carbocycles. The molecule has 176 valence electrons. The number of benzene rings is 2. The van der Waals surface area contributed by atoms with Gasteiger partial charge in [-0.15, -0.1) is 10.2 Å². The number of amides is 2. The van der Waals surface area contributed by atoms with Gasteiger partial charge in [-0.25, -0.2) is 12.7 Å². The maximum absolute atomic E-state index is 13.3. The van der Waals surface area contributed by atoms with Crippen molar-refractivity contribution in [3.05, 3.63) is 80.9 Å². The minimum atomic E-state index is -4.00. The van der Waals surface area contributed by atoms with Crippen LogP contribution in [0.15, 0.2) is 48.0 Å². The molecule has 2 amide bonds. The summed E-state index contributed by atoms with van der Waals surface area (Å²) in [5.74, 6) is -0.886. The number of carbonyl (C=O) groups excluding carboxylic acids is 2. The monoisotopic (exact) mass is 496 g/mol. The minimum Gasteiger partial charge on any atom is -0.296 e. The predicted octanol–water partition coefficient (Wildman–Crippen LogP) is 4.07. The lowest BCUT2D eigenvalue weighted by Crippen LogP contribution is -2.30. The Morgan fingerprint density at radius 3 is 2.35 bits per heavy atom. The highest BCUT2D eigenvalue weighted by molar-refractivity contribution is 7.99. The fraction of sp³-hybridized carbons (Fsp3) is 0.250. The van der Waals surface area contributed by atoms with Gasteiger partial charge in [0.05, 0.1) is 6.54 Å². The lowest BCUT2D eigenvalue weighted by molar-refractivity contribution is -0.122. The van der Waals surface area contributed by atoms with Crippen molar-refractivity contribution in [2.24, 2.45) is 0 Å². The zero-order valence-corrected chi connectivity index (χ0v) is 20.9. The summed E-state index contributed by atoms with van der Waals surface area (Å²) in [4.78, 5) is 25.4. The summed E-state index contributed by atoms with van der Waals surface area (Å²) in [7, 11) is -4.00. The van der Waals surface area contributed by atoms with Gasteiger partial charge >= 0.3 is 0 Å². The third-order valence-electron chi connectivity index (χ3n) is 5.74. The van der Waals surface area contributed by atoms with Gasteiger partial charge in [0.25, 0.3) is 21.8 Å². The van der Waals surface area contributed by atoms with E-state index in [4.69, 9.17) is 0 Å². The summed E-state index contributed by atoms with van der Waals surface area (Å²) in [5, 5.41) is 11.9. The Morgan fingerprint density at radius 2 is 1.74 bits per heavy atom. The summed E-state index contributed by atoms with van der Waals surface area (Å²) in [6, 6.07) is 11.8. The summed E-state index contributed by atoms with van der Waals surface area (Å²) in [6.07, 6.45) is 0.736. The van der Waals surface area contributed by atoms with E-state index in [1.54, 1.807) is 36.4 Å². The molecule has 10 heteroatoms. The van der Waals surface area contributed by atoms with Crippen LogP contribution in [0.1, 0.15) is 51.5 Å². The number of hydrogen-bond acceptors (Lipinski definition) is 7. The zero-order valence-electron chi connectivity index (χ0n) is 19.2. The lowest BCUT2D eigenvalue weighted by Gasteiger charge is -2.17. The molecule has 0 fully saturated rings. The van der Waals surface area contributed by atoms with Gasteiger partial charge in [0.2, 0.25) is 5.13 Å². The Bertz CT molecular complexity index is 1420. The van der Waals surface area contributed by atoms with Crippen molar-refractivity contribution >= 4 is 43.2 Å². The number of nitrogens with zero attached hydrogens (tertiary/aromatic N) is 3. The average Bonchev–Trinajstić information content (AvgIpc) is 3.32. The lowest BCUT2D eigenvalue weighted by atomic mass is 10.0. The molecule has 0 spiro atoms. The third kappa shape index (κ3) is 4.38. The second-order valence-corrected chi connectivity index (χ2v) is 10.9. The number of sulfonamides is 1. The van der Waals surface area contributed by atoms with Crippen molar-refractivity contribution in [2.45, 2.75) is 40.7 Å². The Kier molecular flexibility index (Phi) is 6.37. The Balaban J connectivity index is 1.52. The van der Waals surface area contributed by atoms with Gasteiger partial charge in [-0.2, -0.15) is 0 Å². The number of aryl methyl sites for hydroxylation is 3. The maximum atomic E-state index is 13.3. The van der Waals surface area contributed by atoms with Gasteiger partial charge < -0.3 is 0 Å². The molecule has 0 bridgehead atoms. The summed E-state index contributed by atoms with van der Waals surface area (Å²) >= 11 is 1.31. The number of carbonyl (C=O) groups is 2. The minimum absolute atomic E-state index is 0.0418. The Morgan fingerprint density at radius 1 is 1.03 bits per heavy atom. The van der Waals surface area contributed by atoms with Crippen LogP contribution in [-0.4, -0.2) is 34.7 Å². The van der Waals surface area contributed by atoms with Crippen molar-refractivity contribution in [1.29, 1.82) is 0 Å². The van der Waals surface area contributed by atoms with Crippen LogP contribution in [0.5, 0.6) is 0 Å². The van der Waals surface area contributed by atoms with Crippen LogP contribution in [0, 0.1) is 13.8 Å². The molecule has 0 aliphatic carbocycles. The molecular weight excluding hydrogens is 472 g/mol. The molecule has 4 rings (SSSR count). The standard InChI is InChI=1S/C24H24N4O4S2/c1-5-20-26-27-24(33-20)25-22(29)18-10-7-17(8-11-18)13-28-23(30)16(4)21(34(28,31)32)19-9-6-14(2)15(3)12-19/h6-12H,5,13H2,1-4H3,(H,25,27,29). The van der Waals surface area contributed by atoms with E-state index in [0.717, 1.165) is 26.9 Å². The van der Waals surface area contributed by atoms with Crippen LogP contribution >= 0.6 is 11.3 Å². The number of anilines is 1. The molecule has 1 N–H and O–H groups in total. The van der Waals surface area contributed by atoms with E-state index in [-0.39, 0.29) is 22.9 Å². The Labute approximate surface area is 202 Å². The summed E-state index contributed by atoms with van der Waals surface area (Å²) < 4.78 is 27.5. The third-order valence-corrected chi connectivity index (χ3v) is 8.65. The molecule has 0 radical (unpaired) electrons. The number of nitrogens with one attached hydrogen (secondary N) is 1. The topological polar surface area (TPSA) is 109 Å². The van der Waals surface area contributed by atoms with E-state index >= 15 is 0 Å². The molecule has 8 nitrogen and oxygen atoms in total. The highest BCUT2D eigenvalue weighted by atomic mass is 32.2. The normalized spacial score (nSPS) is 15.2. The van der Waals surface area contributed by atoms with Gasteiger partial charge in [0.15, 0.2) is 0 Å². The van der Waals surface area contributed by atoms with Crippen molar-refractivity contribution in [3.63, 3.8) is 0 Å². The van der Waals surface area contributed by atoms with E-state index in [1.807, 2.05) is 26.8 Å². The maximum Gasteiger partial charge on any atom is 0.268 e. The van der Waals surface area contributed by atoms with Crippen molar-refractivity contribution < 1.29 is 18.0 Å². The van der Waals surface area contributed by atoms with Crippen LogP contribution in [0.25, 0.3) is 4.91 Å². The van der Waals surface area contributed by atoms with Gasteiger partial charge in [-0.3, -0.25) is 14.9 Å². The first-order chi connectivity index (χ1) is 16.1. The fourth-order valence-electron chi connectivity index (χ4n) is 3.65. The first-order valence-electron chi connectivity index (χ1n) is 10.7. The van der Waals surface area contributed by atoms with Gasteiger partial charge in [-0.1, -0.05) is 48.6 Å². The quantitative estimate of drug-likeness (QED) is 0.551. The SMILES string of the molecule is CCc1nnc(NC(=O)c2ccc(CN3C(=O)C(C)=C(c4ccc(C)c(C)c4)S3(=O)=O)cc2)s1. The summed E-state index contributed by atoms with van der Waals surface area (Å²) in [6.45, 7) is 7.22. The highest BCUT2D eigenvalue weighted by Crippen LogP contribution is 2.37. The molecule has 3 aromatic rings. The Hall–Kier alpha value is -3.37. The van der Waals surface area contributed by atoms with Crippen molar-refractivity contribution in [3.8, 4) is 0 Å². The molecule has 0 atom stereocenters. The zero-order chi connectivity index (χ0) is 24.6. The van der Waals surface area contributed by atoms with E-state index in [1.165, 1.54) is 18.3 Å². The fourth-order valence-corrected chi connectivity index (χ4v) is 6.11. The molecule has 1 aliphatic rings. The van der Waals surface area contributed by atoms with Crippen LogP contribution in [0.2, 0.25) is 0 Å². The van der Waals surface area contributed by atoms with Crippen molar-refractivity contribution in [2.75, 3.05) is 5.32 Å². The number of hydrogen-bond donors (Lipinski definition) is 1. The molecule has 2 aromatic carbocycles. The molecule has 1 aromatic heterocycles. The van der Waals surface area contributed by atoms with Crippen LogP contribution < -0.4 is 5.32 Å². The van der Waals surface area contributed by atoms with Gasteiger partial charge in [0, 0.05) is 11.1 Å². The molecule has 0 saturated heterocycles.